The lowest BCUT2D eigenvalue weighted by Gasteiger charge is -2.35. The van der Waals surface area contributed by atoms with Crippen molar-refractivity contribution in [3.8, 4) is 5.69 Å². The van der Waals surface area contributed by atoms with Crippen LogP contribution < -0.4 is 10.6 Å². The predicted molar refractivity (Wildman–Crippen MR) is 119 cm³/mol. The van der Waals surface area contributed by atoms with Crippen molar-refractivity contribution in [2.75, 3.05) is 43.5 Å². The second-order valence-electron chi connectivity index (χ2n) is 8.53. The zero-order valence-corrected chi connectivity index (χ0v) is 17.9. The maximum Gasteiger partial charge on any atom is 0.246 e. The third-order valence-corrected chi connectivity index (χ3v) is 6.07. The number of ether oxygens (including phenoxy) is 1. The molecule has 1 saturated heterocycles. The highest BCUT2D eigenvalue weighted by Gasteiger charge is 2.47. The zero-order chi connectivity index (χ0) is 22.1. The summed E-state index contributed by atoms with van der Waals surface area (Å²) in [5.41, 5.74) is 3.47. The molecule has 0 unspecified atom stereocenters. The van der Waals surface area contributed by atoms with Crippen molar-refractivity contribution in [1.29, 1.82) is 0 Å². The number of morpholine rings is 1. The van der Waals surface area contributed by atoms with Gasteiger partial charge in [-0.15, -0.1) is 5.10 Å². The zero-order valence-electron chi connectivity index (χ0n) is 17.9. The molecule has 0 bridgehead atoms. The Labute approximate surface area is 185 Å². The summed E-state index contributed by atoms with van der Waals surface area (Å²) in [5.74, 6) is -0.979. The summed E-state index contributed by atoms with van der Waals surface area (Å²) < 4.78 is 33.8. The minimum Gasteiger partial charge on any atom is -0.383 e. The van der Waals surface area contributed by atoms with Gasteiger partial charge in [-0.1, -0.05) is 0 Å². The fourth-order valence-electron chi connectivity index (χ4n) is 4.26. The number of anilines is 3. The van der Waals surface area contributed by atoms with Gasteiger partial charge in [-0.05, 0) is 55.7 Å². The molecule has 2 fully saturated rings. The van der Waals surface area contributed by atoms with E-state index in [-0.39, 0.29) is 11.2 Å². The molecule has 2 aliphatic rings. The van der Waals surface area contributed by atoms with E-state index in [2.05, 4.69) is 31.7 Å². The Morgan fingerprint density at radius 2 is 1.72 bits per heavy atom. The van der Waals surface area contributed by atoms with Crippen molar-refractivity contribution < 1.29 is 13.5 Å². The van der Waals surface area contributed by atoms with E-state index >= 15 is 0 Å². The maximum atomic E-state index is 13.5. The molecule has 2 aromatic carbocycles. The lowest BCUT2D eigenvalue weighted by molar-refractivity contribution is 0.0125. The molecule has 0 amide bonds. The van der Waals surface area contributed by atoms with Crippen molar-refractivity contribution in [1.82, 2.24) is 19.7 Å². The summed E-state index contributed by atoms with van der Waals surface area (Å²) in [6, 6.07) is 9.37. The van der Waals surface area contributed by atoms with Crippen LogP contribution in [0.1, 0.15) is 18.4 Å². The van der Waals surface area contributed by atoms with Gasteiger partial charge in [0, 0.05) is 42.6 Å². The molecule has 1 saturated carbocycles. The number of benzene rings is 2. The number of nitrogens with zero attached hydrogens (tertiary/aromatic N) is 4. The van der Waals surface area contributed by atoms with Gasteiger partial charge in [-0.3, -0.25) is 4.90 Å². The smallest absolute Gasteiger partial charge is 0.246 e. The first-order valence-electron chi connectivity index (χ1n) is 10.8. The van der Waals surface area contributed by atoms with E-state index in [1.165, 1.54) is 36.0 Å². The largest absolute Gasteiger partial charge is 0.383 e. The molecule has 0 radical (unpaired) electrons. The Morgan fingerprint density at radius 3 is 2.44 bits per heavy atom. The van der Waals surface area contributed by atoms with Gasteiger partial charge < -0.3 is 15.4 Å². The fourth-order valence-corrected chi connectivity index (χ4v) is 4.26. The average molecular weight is 440 g/mol. The molecular formula is C23H26F2N6O. The normalized spacial score (nSPS) is 17.8. The Kier molecular flexibility index (Phi) is 5.52. The van der Waals surface area contributed by atoms with Crippen LogP contribution in [0.15, 0.2) is 42.7 Å². The van der Waals surface area contributed by atoms with E-state index in [0.29, 0.717) is 5.95 Å². The highest BCUT2D eigenvalue weighted by molar-refractivity contribution is 5.63. The number of hydrogen-bond acceptors (Lipinski definition) is 6. The molecule has 168 valence electrons. The van der Waals surface area contributed by atoms with Crippen LogP contribution in [0.25, 0.3) is 5.69 Å². The maximum absolute atomic E-state index is 13.5. The predicted octanol–water partition coefficient (Wildman–Crippen LogP) is 3.87. The van der Waals surface area contributed by atoms with Crippen LogP contribution >= 0.6 is 0 Å². The second-order valence-corrected chi connectivity index (χ2v) is 8.53. The number of hydrogen-bond donors (Lipinski definition) is 2. The van der Waals surface area contributed by atoms with E-state index in [1.54, 1.807) is 0 Å². The summed E-state index contributed by atoms with van der Waals surface area (Å²) in [6.07, 6.45) is 3.84. The Morgan fingerprint density at radius 1 is 1.00 bits per heavy atom. The first kappa shape index (κ1) is 20.8. The lowest BCUT2D eigenvalue weighted by Crippen LogP contribution is -2.48. The van der Waals surface area contributed by atoms with Crippen LogP contribution in [-0.2, 0) is 4.74 Å². The van der Waals surface area contributed by atoms with Crippen LogP contribution in [0.5, 0.6) is 0 Å². The van der Waals surface area contributed by atoms with Crippen molar-refractivity contribution in [2.24, 2.45) is 0 Å². The average Bonchev–Trinajstić information content (AvgIpc) is 3.42. The summed E-state index contributed by atoms with van der Waals surface area (Å²) >= 11 is 0. The third kappa shape index (κ3) is 4.58. The monoisotopic (exact) mass is 440 g/mol. The molecular weight excluding hydrogens is 414 g/mol. The van der Waals surface area contributed by atoms with Gasteiger partial charge in [-0.25, -0.2) is 13.5 Å². The van der Waals surface area contributed by atoms with Gasteiger partial charge in [0.1, 0.15) is 18.0 Å². The molecule has 2 N–H and O–H groups in total. The van der Waals surface area contributed by atoms with E-state index in [1.807, 2.05) is 19.1 Å². The van der Waals surface area contributed by atoms with Gasteiger partial charge in [-0.2, -0.15) is 4.98 Å². The number of aryl methyl sites for hydroxylation is 1. The van der Waals surface area contributed by atoms with Gasteiger partial charge >= 0.3 is 0 Å². The number of halogens is 2. The summed E-state index contributed by atoms with van der Waals surface area (Å²) in [5, 5.41) is 11.1. The van der Waals surface area contributed by atoms with Crippen LogP contribution in [0.3, 0.4) is 0 Å². The molecule has 2 heterocycles. The van der Waals surface area contributed by atoms with E-state index in [4.69, 9.17) is 4.74 Å². The summed E-state index contributed by atoms with van der Waals surface area (Å²) in [7, 11) is 0. The first-order valence-corrected chi connectivity index (χ1v) is 10.8. The lowest BCUT2D eigenvalue weighted by atomic mass is 10.1. The number of rotatable bonds is 7. The fraction of sp³-hybridized carbons (Fsp3) is 0.391. The van der Waals surface area contributed by atoms with Crippen LogP contribution in [0.2, 0.25) is 0 Å². The molecule has 1 aliphatic heterocycles. The van der Waals surface area contributed by atoms with Crippen LogP contribution in [-0.4, -0.2) is 58.1 Å². The van der Waals surface area contributed by atoms with E-state index in [0.717, 1.165) is 55.9 Å². The minimum absolute atomic E-state index is 0.238. The minimum atomic E-state index is -0.662. The Bertz CT molecular complexity index is 1090. The van der Waals surface area contributed by atoms with Crippen molar-refractivity contribution in [3.63, 3.8) is 0 Å². The molecule has 3 aromatic rings. The van der Waals surface area contributed by atoms with Crippen molar-refractivity contribution >= 4 is 17.3 Å². The topological polar surface area (TPSA) is 67.2 Å². The Hall–Kier alpha value is -3.04. The summed E-state index contributed by atoms with van der Waals surface area (Å²) in [6.45, 7) is 6.53. The highest BCUT2D eigenvalue weighted by Crippen LogP contribution is 2.42. The Balaban J connectivity index is 1.27. The van der Waals surface area contributed by atoms with Gasteiger partial charge in [0.25, 0.3) is 0 Å². The van der Waals surface area contributed by atoms with E-state index < -0.39 is 11.6 Å². The van der Waals surface area contributed by atoms with Crippen molar-refractivity contribution in [2.45, 2.75) is 25.3 Å². The number of nitrogens with one attached hydrogen (secondary N) is 2. The van der Waals surface area contributed by atoms with Gasteiger partial charge in [0.15, 0.2) is 0 Å². The quantitative estimate of drug-likeness (QED) is 0.581. The number of aromatic nitrogens is 3. The first-order chi connectivity index (χ1) is 15.5. The molecule has 1 aliphatic carbocycles. The van der Waals surface area contributed by atoms with Gasteiger partial charge in [0.2, 0.25) is 5.95 Å². The molecule has 9 heteroatoms. The SMILES string of the molecule is Cc1cc(NCC2(N3CCOCC3)CC2)cc(Nc2ncn(-c3cc(F)cc(F)c3)n2)c1. The summed E-state index contributed by atoms with van der Waals surface area (Å²) in [4.78, 5) is 6.77. The van der Waals surface area contributed by atoms with Crippen LogP contribution in [0, 0.1) is 18.6 Å². The molecule has 7 nitrogen and oxygen atoms in total. The van der Waals surface area contributed by atoms with E-state index in [9.17, 15) is 8.78 Å². The van der Waals surface area contributed by atoms with Crippen molar-refractivity contribution in [3.05, 3.63) is 59.9 Å². The highest BCUT2D eigenvalue weighted by atomic mass is 19.1. The molecule has 5 rings (SSSR count). The molecule has 32 heavy (non-hydrogen) atoms. The standard InChI is InChI=1S/C23H26F2N6O/c1-16-8-19(26-14-23(2-3-23)30-4-6-32-7-5-30)13-20(9-16)28-22-27-15-31(29-22)21-11-17(24)10-18(25)12-21/h8-13,15,26H,2-7,14H2,1H3,(H,28,29). The van der Waals surface area contributed by atoms with Crippen LogP contribution in [0.4, 0.5) is 26.1 Å². The molecule has 0 atom stereocenters. The second kappa shape index (κ2) is 8.48. The third-order valence-electron chi connectivity index (χ3n) is 6.07. The van der Waals surface area contributed by atoms with Gasteiger partial charge in [0.05, 0.1) is 18.9 Å². The molecule has 0 spiro atoms. The molecule has 1 aromatic heterocycles.